The van der Waals surface area contributed by atoms with Crippen LogP contribution in [0.2, 0.25) is 0 Å². The molecule has 1 unspecified atom stereocenters. The first-order valence-corrected chi connectivity index (χ1v) is 10.5. The van der Waals surface area contributed by atoms with Gasteiger partial charge in [0.2, 0.25) is 0 Å². The van der Waals surface area contributed by atoms with Gasteiger partial charge in [0.15, 0.2) is 5.78 Å². The van der Waals surface area contributed by atoms with E-state index in [1.54, 1.807) is 17.0 Å². The Morgan fingerprint density at radius 2 is 1.88 bits per heavy atom. The van der Waals surface area contributed by atoms with Gasteiger partial charge in [-0.2, -0.15) is 0 Å². The van der Waals surface area contributed by atoms with Crippen LogP contribution in [0.3, 0.4) is 0 Å². The fourth-order valence-electron chi connectivity index (χ4n) is 4.45. The molecule has 1 atom stereocenters. The van der Waals surface area contributed by atoms with Gasteiger partial charge in [-0.25, -0.2) is 4.79 Å². The molecular weight excluding hydrogens is 406 g/mol. The number of nitrogens with one attached hydrogen (secondary N) is 1. The van der Waals surface area contributed by atoms with E-state index in [4.69, 9.17) is 0 Å². The zero-order chi connectivity index (χ0) is 22.9. The molecule has 2 amide bonds. The van der Waals surface area contributed by atoms with Gasteiger partial charge in [0.1, 0.15) is 0 Å². The summed E-state index contributed by atoms with van der Waals surface area (Å²) < 4.78 is 0. The lowest BCUT2D eigenvalue weighted by molar-refractivity contribution is -0.384. The van der Waals surface area contributed by atoms with Crippen molar-refractivity contribution in [3.05, 3.63) is 93.2 Å². The maximum atomic E-state index is 13.2. The molecule has 0 bridgehead atoms. The van der Waals surface area contributed by atoms with E-state index in [2.05, 4.69) is 5.32 Å². The number of benzene rings is 2. The number of Topliss-reactive ketones (excluding diaryl/α,β-unsaturated/α-hetero) is 1. The van der Waals surface area contributed by atoms with Crippen molar-refractivity contribution in [2.45, 2.75) is 32.7 Å². The van der Waals surface area contributed by atoms with Crippen LogP contribution in [0.25, 0.3) is 6.08 Å². The number of nitro groups is 1. The Labute approximate surface area is 186 Å². The molecule has 1 heterocycles. The van der Waals surface area contributed by atoms with Crippen LogP contribution in [0.1, 0.15) is 43.9 Å². The minimum absolute atomic E-state index is 0.0372. The second kappa shape index (κ2) is 8.42. The predicted molar refractivity (Wildman–Crippen MR) is 122 cm³/mol. The summed E-state index contributed by atoms with van der Waals surface area (Å²) >= 11 is 0. The summed E-state index contributed by atoms with van der Waals surface area (Å²) in [4.78, 5) is 38.8. The van der Waals surface area contributed by atoms with E-state index >= 15 is 0 Å². The number of carbonyl (C=O) groups excluding carboxylic acids is 2. The van der Waals surface area contributed by atoms with E-state index in [1.807, 2.05) is 56.3 Å². The van der Waals surface area contributed by atoms with E-state index in [-0.39, 0.29) is 29.5 Å². The summed E-state index contributed by atoms with van der Waals surface area (Å²) in [6.45, 7) is 4.25. The van der Waals surface area contributed by atoms with Gasteiger partial charge in [0.25, 0.3) is 5.69 Å². The van der Waals surface area contributed by atoms with Crippen molar-refractivity contribution in [2.24, 2.45) is 5.41 Å². The molecule has 1 aliphatic carbocycles. The molecule has 164 valence electrons. The molecule has 1 N–H and O–H groups in total. The number of nitrogens with zero attached hydrogens (tertiary/aromatic N) is 2. The lowest BCUT2D eigenvalue weighted by Gasteiger charge is -2.43. The first-order chi connectivity index (χ1) is 15.2. The molecule has 4 rings (SSSR count). The first kappa shape index (κ1) is 21.5. The van der Waals surface area contributed by atoms with Crippen molar-refractivity contribution >= 4 is 23.6 Å². The van der Waals surface area contributed by atoms with Gasteiger partial charge in [0, 0.05) is 36.4 Å². The smallest absolute Gasteiger partial charge is 0.311 e. The molecule has 0 radical (unpaired) electrons. The maximum Gasteiger partial charge on any atom is 0.322 e. The Kier molecular flexibility index (Phi) is 5.65. The fraction of sp³-hybridized carbons (Fsp3) is 0.280. The highest BCUT2D eigenvalue weighted by atomic mass is 16.6. The van der Waals surface area contributed by atoms with Crippen LogP contribution in [0.15, 0.2) is 71.9 Å². The number of allylic oxidation sites excluding steroid dienone is 1. The summed E-state index contributed by atoms with van der Waals surface area (Å²) in [5.74, 6) is -0.0372. The number of rotatable bonds is 5. The Balaban J connectivity index is 1.76. The Hall–Kier alpha value is -3.74. The topological polar surface area (TPSA) is 92.6 Å². The Morgan fingerprint density at radius 3 is 2.59 bits per heavy atom. The normalized spacial score (nSPS) is 20.3. The van der Waals surface area contributed by atoms with Gasteiger partial charge in [0.05, 0.1) is 11.0 Å². The second-order valence-electron chi connectivity index (χ2n) is 8.98. The third-order valence-electron chi connectivity index (χ3n) is 5.83. The average Bonchev–Trinajstić information content (AvgIpc) is 2.74. The molecule has 0 saturated heterocycles. The van der Waals surface area contributed by atoms with Crippen LogP contribution in [0, 0.1) is 15.5 Å². The Morgan fingerprint density at radius 1 is 1.12 bits per heavy atom. The number of ketones is 1. The Bertz CT molecular complexity index is 1130. The summed E-state index contributed by atoms with van der Waals surface area (Å²) in [6, 6.07) is 14.9. The largest absolute Gasteiger partial charge is 0.322 e. The molecule has 0 aromatic heterocycles. The standard InChI is InChI=1S/C25H25N3O4/c1-25(2)15-20-22(21(29)16-25)23(18-11-6-12-19(14-18)28(31)32)27(24(30)26-20)13-7-10-17-8-4-3-5-9-17/h3-12,14,23H,13,15-16H2,1-2H3,(H,26,30)/b10-7+. The molecule has 0 saturated carbocycles. The van der Waals surface area contributed by atoms with Crippen LogP contribution in [-0.4, -0.2) is 28.2 Å². The third-order valence-corrected chi connectivity index (χ3v) is 5.83. The molecule has 7 nitrogen and oxygen atoms in total. The number of amides is 2. The lowest BCUT2D eigenvalue weighted by atomic mass is 9.72. The van der Waals surface area contributed by atoms with Crippen LogP contribution >= 0.6 is 0 Å². The van der Waals surface area contributed by atoms with Gasteiger partial charge >= 0.3 is 6.03 Å². The molecular formula is C25H25N3O4. The molecule has 32 heavy (non-hydrogen) atoms. The van der Waals surface area contributed by atoms with Gasteiger partial charge in [-0.3, -0.25) is 14.9 Å². The number of hydrogen-bond acceptors (Lipinski definition) is 4. The number of non-ortho nitro benzene ring substituents is 1. The summed E-state index contributed by atoms with van der Waals surface area (Å²) in [7, 11) is 0. The van der Waals surface area contributed by atoms with Crippen LogP contribution in [0.5, 0.6) is 0 Å². The third kappa shape index (κ3) is 4.32. The lowest BCUT2D eigenvalue weighted by Crippen LogP contribution is -2.51. The average molecular weight is 431 g/mol. The number of urea groups is 1. The van der Waals surface area contributed by atoms with E-state index < -0.39 is 11.0 Å². The van der Waals surface area contributed by atoms with E-state index in [0.29, 0.717) is 29.7 Å². The fourth-order valence-corrected chi connectivity index (χ4v) is 4.45. The van der Waals surface area contributed by atoms with Crippen molar-refractivity contribution in [1.29, 1.82) is 0 Å². The van der Waals surface area contributed by atoms with Crippen molar-refractivity contribution in [1.82, 2.24) is 10.2 Å². The van der Waals surface area contributed by atoms with Gasteiger partial charge in [-0.15, -0.1) is 0 Å². The molecule has 2 aromatic carbocycles. The van der Waals surface area contributed by atoms with E-state index in [9.17, 15) is 19.7 Å². The molecule has 2 aliphatic rings. The maximum absolute atomic E-state index is 13.2. The van der Waals surface area contributed by atoms with Gasteiger partial charge in [-0.05, 0) is 23.0 Å². The number of hydrogen-bond donors (Lipinski definition) is 1. The highest BCUT2D eigenvalue weighted by Gasteiger charge is 2.43. The summed E-state index contributed by atoms with van der Waals surface area (Å²) in [5, 5.41) is 14.3. The van der Waals surface area contributed by atoms with Gasteiger partial charge < -0.3 is 10.2 Å². The molecule has 2 aromatic rings. The second-order valence-corrected chi connectivity index (χ2v) is 8.98. The van der Waals surface area contributed by atoms with Crippen LogP contribution in [-0.2, 0) is 4.79 Å². The van der Waals surface area contributed by atoms with Crippen molar-refractivity contribution in [3.63, 3.8) is 0 Å². The summed E-state index contributed by atoms with van der Waals surface area (Å²) in [6.07, 6.45) is 4.70. The molecule has 0 spiro atoms. The van der Waals surface area contributed by atoms with E-state index in [0.717, 1.165) is 5.56 Å². The quantitative estimate of drug-likeness (QED) is 0.532. The highest BCUT2D eigenvalue weighted by Crippen LogP contribution is 2.44. The van der Waals surface area contributed by atoms with Gasteiger partial charge in [-0.1, -0.05) is 68.5 Å². The zero-order valence-corrected chi connectivity index (χ0v) is 18.1. The van der Waals surface area contributed by atoms with Crippen molar-refractivity contribution in [2.75, 3.05) is 6.54 Å². The molecule has 1 aliphatic heterocycles. The summed E-state index contributed by atoms with van der Waals surface area (Å²) in [5.41, 5.74) is 2.37. The zero-order valence-electron chi connectivity index (χ0n) is 18.1. The highest BCUT2D eigenvalue weighted by molar-refractivity contribution is 6.01. The monoisotopic (exact) mass is 431 g/mol. The predicted octanol–water partition coefficient (Wildman–Crippen LogP) is 5.02. The van der Waals surface area contributed by atoms with Crippen molar-refractivity contribution in [3.8, 4) is 0 Å². The minimum Gasteiger partial charge on any atom is -0.311 e. The number of carbonyl (C=O) groups is 2. The SMILES string of the molecule is CC1(C)CC(=O)C2=C(C1)NC(=O)N(C/C=C/c1ccccc1)C2c1cccc([N+](=O)[O-])c1. The first-order valence-electron chi connectivity index (χ1n) is 10.5. The number of nitro benzene ring substituents is 1. The molecule has 0 fully saturated rings. The van der Waals surface area contributed by atoms with Crippen LogP contribution < -0.4 is 5.32 Å². The van der Waals surface area contributed by atoms with Crippen molar-refractivity contribution < 1.29 is 14.5 Å². The van der Waals surface area contributed by atoms with E-state index in [1.165, 1.54) is 12.1 Å². The minimum atomic E-state index is -0.678. The molecule has 7 heteroatoms. The van der Waals surface area contributed by atoms with Crippen LogP contribution in [0.4, 0.5) is 10.5 Å².